The number of sulfone groups is 1. The Morgan fingerprint density at radius 3 is 2.15 bits per heavy atom. The van der Waals surface area contributed by atoms with Crippen molar-refractivity contribution in [3.8, 4) is 0 Å². The standard InChI is InChI=1S/C9H20O2PS/c1-3-12(6-4-5-7-12)8-9-13(2,10)11/h3-9H2,1-2H3/q+1. The molecule has 0 aromatic carbocycles. The lowest BCUT2D eigenvalue weighted by atomic mass is 10.4. The Morgan fingerprint density at radius 1 is 1.23 bits per heavy atom. The summed E-state index contributed by atoms with van der Waals surface area (Å²) in [6.45, 7) is 2.24. The van der Waals surface area contributed by atoms with Crippen LogP contribution in [0.15, 0.2) is 0 Å². The molecule has 0 bridgehead atoms. The molecule has 4 heteroatoms. The number of hydrogen-bond acceptors (Lipinski definition) is 2. The highest BCUT2D eigenvalue weighted by atomic mass is 32.2. The van der Waals surface area contributed by atoms with E-state index in [0.29, 0.717) is 5.75 Å². The zero-order valence-electron chi connectivity index (χ0n) is 8.62. The Hall–Kier alpha value is 0.380. The minimum absolute atomic E-state index is 0.425. The molecule has 13 heavy (non-hydrogen) atoms. The average molecular weight is 223 g/mol. The van der Waals surface area contributed by atoms with E-state index in [1.54, 1.807) is 0 Å². The Bertz CT molecular complexity index is 253. The van der Waals surface area contributed by atoms with Crippen LogP contribution in [0.4, 0.5) is 0 Å². The highest BCUT2D eigenvalue weighted by Gasteiger charge is 2.39. The van der Waals surface area contributed by atoms with Crippen LogP contribution in [-0.4, -0.2) is 45.1 Å². The van der Waals surface area contributed by atoms with Gasteiger partial charge in [0.25, 0.3) is 0 Å². The second-order valence-corrected chi connectivity index (χ2v) is 11.1. The van der Waals surface area contributed by atoms with Crippen molar-refractivity contribution in [2.45, 2.75) is 19.8 Å². The van der Waals surface area contributed by atoms with E-state index < -0.39 is 17.1 Å². The normalized spacial score (nSPS) is 22.0. The maximum absolute atomic E-state index is 11.1. The monoisotopic (exact) mass is 223 g/mol. The van der Waals surface area contributed by atoms with Crippen LogP contribution < -0.4 is 0 Å². The quantitative estimate of drug-likeness (QED) is 0.682. The van der Waals surface area contributed by atoms with Crippen LogP contribution in [0.2, 0.25) is 0 Å². The zero-order valence-corrected chi connectivity index (χ0v) is 10.3. The van der Waals surface area contributed by atoms with Crippen molar-refractivity contribution in [2.75, 3.05) is 36.7 Å². The molecule has 0 radical (unpaired) electrons. The summed E-state index contributed by atoms with van der Waals surface area (Å²) in [5.41, 5.74) is 0. The van der Waals surface area contributed by atoms with Crippen LogP contribution in [0.25, 0.3) is 0 Å². The summed E-state index contributed by atoms with van der Waals surface area (Å²) in [5.74, 6) is 0.425. The minimum Gasteiger partial charge on any atom is -0.229 e. The summed E-state index contributed by atoms with van der Waals surface area (Å²) >= 11 is 0. The first-order chi connectivity index (χ1) is 5.97. The van der Waals surface area contributed by atoms with Crippen LogP contribution in [-0.2, 0) is 9.84 Å². The van der Waals surface area contributed by atoms with Crippen molar-refractivity contribution in [2.24, 2.45) is 0 Å². The molecule has 1 fully saturated rings. The molecule has 1 aliphatic heterocycles. The summed E-state index contributed by atoms with van der Waals surface area (Å²) in [5, 5.41) is 0. The SMILES string of the molecule is CC[P+]1(CCS(C)(=O)=O)CCCC1. The fraction of sp³-hybridized carbons (Fsp3) is 1.00. The van der Waals surface area contributed by atoms with Crippen LogP contribution in [0.1, 0.15) is 19.8 Å². The molecule has 0 aliphatic carbocycles. The van der Waals surface area contributed by atoms with Crippen LogP contribution in [0, 0.1) is 0 Å². The Morgan fingerprint density at radius 2 is 1.77 bits per heavy atom. The molecule has 0 spiro atoms. The first kappa shape index (κ1) is 11.5. The highest BCUT2D eigenvalue weighted by Crippen LogP contribution is 2.63. The van der Waals surface area contributed by atoms with Crippen molar-refractivity contribution in [1.82, 2.24) is 0 Å². The van der Waals surface area contributed by atoms with Crippen molar-refractivity contribution in [1.29, 1.82) is 0 Å². The molecule has 0 N–H and O–H groups in total. The largest absolute Gasteiger partial charge is 0.229 e. The van der Waals surface area contributed by atoms with Gasteiger partial charge in [0, 0.05) is 13.5 Å². The van der Waals surface area contributed by atoms with Crippen LogP contribution >= 0.6 is 7.26 Å². The van der Waals surface area contributed by atoms with Gasteiger partial charge >= 0.3 is 0 Å². The minimum atomic E-state index is -2.73. The smallest absolute Gasteiger partial charge is 0.151 e. The van der Waals surface area contributed by atoms with E-state index in [1.165, 1.54) is 37.6 Å². The lowest BCUT2D eigenvalue weighted by Crippen LogP contribution is -2.13. The maximum Gasteiger partial charge on any atom is 0.151 e. The van der Waals surface area contributed by atoms with E-state index in [0.717, 1.165) is 6.16 Å². The Balaban J connectivity index is 2.50. The lowest BCUT2D eigenvalue weighted by Gasteiger charge is -2.19. The molecule has 2 nitrogen and oxygen atoms in total. The van der Waals surface area contributed by atoms with E-state index >= 15 is 0 Å². The predicted molar refractivity (Wildman–Crippen MR) is 61.0 cm³/mol. The molecule has 0 aromatic rings. The molecular formula is C9H20O2PS+. The van der Waals surface area contributed by atoms with Gasteiger partial charge in [0.2, 0.25) is 0 Å². The first-order valence-electron chi connectivity index (χ1n) is 5.00. The first-order valence-corrected chi connectivity index (χ1v) is 9.59. The number of hydrogen-bond donors (Lipinski definition) is 0. The molecule has 0 saturated carbocycles. The van der Waals surface area contributed by atoms with Gasteiger partial charge in [-0.15, -0.1) is 0 Å². The van der Waals surface area contributed by atoms with Crippen LogP contribution in [0.3, 0.4) is 0 Å². The third-order valence-corrected chi connectivity index (χ3v) is 9.41. The van der Waals surface area contributed by atoms with Crippen molar-refractivity contribution in [3.05, 3.63) is 0 Å². The zero-order chi connectivity index (χ0) is 9.95. The van der Waals surface area contributed by atoms with Crippen molar-refractivity contribution >= 4 is 17.1 Å². The predicted octanol–water partition coefficient (Wildman–Crippen LogP) is 1.86. The summed E-state index contributed by atoms with van der Waals surface area (Å²) < 4.78 is 22.1. The van der Waals surface area contributed by atoms with Gasteiger partial charge in [-0.25, -0.2) is 8.42 Å². The van der Waals surface area contributed by atoms with Gasteiger partial charge in [0.1, 0.15) is 0 Å². The fourth-order valence-corrected chi connectivity index (χ4v) is 8.35. The van der Waals surface area contributed by atoms with Gasteiger partial charge in [0.05, 0.1) is 30.4 Å². The van der Waals surface area contributed by atoms with Gasteiger partial charge in [-0.05, 0) is 19.8 Å². The van der Waals surface area contributed by atoms with E-state index in [-0.39, 0.29) is 0 Å². The second-order valence-electron chi connectivity index (χ2n) is 4.17. The van der Waals surface area contributed by atoms with Gasteiger partial charge < -0.3 is 0 Å². The van der Waals surface area contributed by atoms with Crippen molar-refractivity contribution < 1.29 is 8.42 Å². The summed E-state index contributed by atoms with van der Waals surface area (Å²) in [4.78, 5) is 0. The summed E-state index contributed by atoms with van der Waals surface area (Å²) in [7, 11) is -3.54. The molecule has 1 aliphatic rings. The van der Waals surface area contributed by atoms with Gasteiger partial charge in [-0.3, -0.25) is 0 Å². The van der Waals surface area contributed by atoms with Gasteiger partial charge in [-0.2, -0.15) is 0 Å². The van der Waals surface area contributed by atoms with Gasteiger partial charge in [0.15, 0.2) is 9.84 Å². The Labute approximate surface area is 82.4 Å². The fourth-order valence-electron chi connectivity index (χ4n) is 2.06. The van der Waals surface area contributed by atoms with Gasteiger partial charge in [-0.1, -0.05) is 0 Å². The summed E-state index contributed by atoms with van der Waals surface area (Å²) in [6.07, 6.45) is 8.97. The molecule has 1 heterocycles. The van der Waals surface area contributed by atoms with E-state index in [9.17, 15) is 8.42 Å². The second kappa shape index (κ2) is 4.27. The lowest BCUT2D eigenvalue weighted by molar-refractivity contribution is 0.603. The molecule has 0 atom stereocenters. The van der Waals surface area contributed by atoms with E-state index in [4.69, 9.17) is 0 Å². The molecule has 1 saturated heterocycles. The average Bonchev–Trinajstić information content (AvgIpc) is 2.49. The number of rotatable bonds is 4. The third kappa shape index (κ3) is 3.55. The molecule has 0 unspecified atom stereocenters. The molecule has 0 aromatic heterocycles. The highest BCUT2D eigenvalue weighted by molar-refractivity contribution is 7.91. The summed E-state index contributed by atoms with van der Waals surface area (Å²) in [6, 6.07) is 0. The molecule has 1 rings (SSSR count). The van der Waals surface area contributed by atoms with E-state index in [1.807, 2.05) is 0 Å². The van der Waals surface area contributed by atoms with Crippen LogP contribution in [0.5, 0.6) is 0 Å². The topological polar surface area (TPSA) is 34.1 Å². The maximum atomic E-state index is 11.1. The molecule has 0 amide bonds. The molecular weight excluding hydrogens is 203 g/mol. The Kier molecular flexibility index (Phi) is 3.76. The van der Waals surface area contributed by atoms with E-state index in [2.05, 4.69) is 6.92 Å². The van der Waals surface area contributed by atoms with Crippen molar-refractivity contribution in [3.63, 3.8) is 0 Å². The molecule has 78 valence electrons. The third-order valence-electron chi connectivity index (χ3n) is 3.12.